The largest absolute Gasteiger partial charge is 0.279 e. The third-order valence-electron chi connectivity index (χ3n) is 4.54. The van der Waals surface area contributed by atoms with Gasteiger partial charge in [-0.1, -0.05) is 48.0 Å². The van der Waals surface area contributed by atoms with E-state index >= 15 is 0 Å². The molecule has 1 heterocycles. The predicted octanol–water partition coefficient (Wildman–Crippen LogP) is 4.15. The topological polar surface area (TPSA) is 87.8 Å². The summed E-state index contributed by atoms with van der Waals surface area (Å²) in [6.07, 6.45) is 0. The molecule has 1 N–H and O–H groups in total. The highest BCUT2D eigenvalue weighted by molar-refractivity contribution is 7.92. The van der Waals surface area contributed by atoms with Gasteiger partial charge < -0.3 is 0 Å². The van der Waals surface area contributed by atoms with E-state index in [1.807, 2.05) is 30.3 Å². The fourth-order valence-electron chi connectivity index (χ4n) is 3.14. The second-order valence-electron chi connectivity index (χ2n) is 6.44. The third-order valence-corrected chi connectivity index (χ3v) is 6.50. The Balaban J connectivity index is 1.94. The molecule has 0 fully saturated rings. The summed E-state index contributed by atoms with van der Waals surface area (Å²) >= 11 is 6.39. The van der Waals surface area contributed by atoms with Crippen LogP contribution in [-0.2, 0) is 17.1 Å². The van der Waals surface area contributed by atoms with Crippen LogP contribution in [0.25, 0.3) is 0 Å². The number of sulfonamides is 1. The van der Waals surface area contributed by atoms with Crippen LogP contribution in [0.4, 0.5) is 5.69 Å². The molecular formula is C20H19ClN4O2S. The molecule has 0 aliphatic heterocycles. The lowest BCUT2D eigenvalue weighted by molar-refractivity contribution is 0.599. The van der Waals surface area contributed by atoms with E-state index in [1.54, 1.807) is 33.0 Å². The van der Waals surface area contributed by atoms with Crippen LogP contribution in [0.2, 0.25) is 5.02 Å². The van der Waals surface area contributed by atoms with Crippen molar-refractivity contribution in [3.8, 4) is 6.07 Å². The molecule has 0 saturated carbocycles. The minimum atomic E-state index is -3.82. The quantitative estimate of drug-likeness (QED) is 0.679. The van der Waals surface area contributed by atoms with Crippen LogP contribution in [0.3, 0.4) is 0 Å². The number of nitriles is 1. The van der Waals surface area contributed by atoms with Crippen molar-refractivity contribution in [3.05, 3.63) is 76.1 Å². The molecule has 3 rings (SSSR count). The molecule has 6 nitrogen and oxygen atoms in total. The molecule has 0 unspecified atom stereocenters. The maximum Gasteiger partial charge on any atom is 0.265 e. The SMILES string of the molecule is Cc1nn(C)c(C)c1S(=O)(=O)Nc1ccc([C@@H](C#N)c2ccccc2)c(Cl)c1. The summed E-state index contributed by atoms with van der Waals surface area (Å²) in [5.74, 6) is -0.540. The smallest absolute Gasteiger partial charge is 0.265 e. The number of aryl methyl sites for hydroxylation is 2. The van der Waals surface area contributed by atoms with Crippen molar-refractivity contribution in [3.63, 3.8) is 0 Å². The highest BCUT2D eigenvalue weighted by Crippen LogP contribution is 2.32. The lowest BCUT2D eigenvalue weighted by atomic mass is 9.92. The summed E-state index contributed by atoms with van der Waals surface area (Å²) in [7, 11) is -2.13. The van der Waals surface area contributed by atoms with Gasteiger partial charge in [-0.15, -0.1) is 0 Å². The van der Waals surface area contributed by atoms with Crippen molar-refractivity contribution in [1.29, 1.82) is 5.26 Å². The van der Waals surface area contributed by atoms with Crippen molar-refractivity contribution in [2.45, 2.75) is 24.7 Å². The molecule has 2 aromatic carbocycles. The number of aromatic nitrogens is 2. The molecule has 0 aliphatic rings. The van der Waals surface area contributed by atoms with Crippen LogP contribution in [0.5, 0.6) is 0 Å². The second-order valence-corrected chi connectivity index (χ2v) is 8.46. The van der Waals surface area contributed by atoms with Crippen LogP contribution in [-0.4, -0.2) is 18.2 Å². The predicted molar refractivity (Wildman–Crippen MR) is 109 cm³/mol. The monoisotopic (exact) mass is 414 g/mol. The average Bonchev–Trinajstić information content (AvgIpc) is 2.90. The lowest BCUT2D eigenvalue weighted by Crippen LogP contribution is -2.15. The number of nitrogens with zero attached hydrogens (tertiary/aromatic N) is 3. The molecule has 3 aromatic rings. The molecule has 0 bridgehead atoms. The Hall–Kier alpha value is -2.82. The van der Waals surface area contributed by atoms with Gasteiger partial charge in [0.15, 0.2) is 0 Å². The number of hydrogen-bond donors (Lipinski definition) is 1. The minimum Gasteiger partial charge on any atom is -0.279 e. The molecule has 0 amide bonds. The first-order valence-electron chi connectivity index (χ1n) is 8.51. The molecule has 1 aromatic heterocycles. The van der Waals surface area contributed by atoms with E-state index in [1.165, 1.54) is 10.7 Å². The molecule has 1 atom stereocenters. The first-order chi connectivity index (χ1) is 13.2. The number of rotatable bonds is 5. The van der Waals surface area contributed by atoms with Crippen LogP contribution in [0.1, 0.15) is 28.4 Å². The first kappa shape index (κ1) is 19.9. The summed E-state index contributed by atoms with van der Waals surface area (Å²) in [6.45, 7) is 3.34. The van der Waals surface area contributed by atoms with Crippen molar-refractivity contribution in [1.82, 2.24) is 9.78 Å². The summed E-state index contributed by atoms with van der Waals surface area (Å²) in [4.78, 5) is 0.148. The van der Waals surface area contributed by atoms with Gasteiger partial charge in [-0.05, 0) is 37.1 Å². The van der Waals surface area contributed by atoms with Crippen LogP contribution in [0, 0.1) is 25.2 Å². The first-order valence-corrected chi connectivity index (χ1v) is 10.4. The maximum atomic E-state index is 12.8. The Morgan fingerprint density at radius 3 is 2.39 bits per heavy atom. The van der Waals surface area contributed by atoms with E-state index in [-0.39, 0.29) is 4.90 Å². The molecule has 0 aliphatic carbocycles. The number of nitrogens with one attached hydrogen (secondary N) is 1. The van der Waals surface area contributed by atoms with Gasteiger partial charge in [0.25, 0.3) is 10.0 Å². The van der Waals surface area contributed by atoms with Crippen molar-refractivity contribution >= 4 is 27.3 Å². The Bertz CT molecular complexity index is 1160. The summed E-state index contributed by atoms with van der Waals surface area (Å²) in [5.41, 5.74) is 2.72. The Morgan fingerprint density at radius 2 is 1.86 bits per heavy atom. The standard InChI is InChI=1S/C20H19ClN4O2S/c1-13-20(14(2)25(3)23-13)28(26,27)24-16-9-10-17(19(21)11-16)18(12-22)15-7-5-4-6-8-15/h4-11,18,24H,1-3H3/t18-/m0/s1. The van der Waals surface area contributed by atoms with E-state index in [9.17, 15) is 13.7 Å². The van der Waals surface area contributed by atoms with Crippen molar-refractivity contribution in [2.24, 2.45) is 7.05 Å². The average molecular weight is 415 g/mol. The van der Waals surface area contributed by atoms with Crippen LogP contribution in [0.15, 0.2) is 53.4 Å². The van der Waals surface area contributed by atoms with Gasteiger partial charge in [-0.3, -0.25) is 9.40 Å². The van der Waals surface area contributed by atoms with E-state index in [4.69, 9.17) is 11.6 Å². The van der Waals surface area contributed by atoms with Crippen molar-refractivity contribution in [2.75, 3.05) is 4.72 Å². The lowest BCUT2D eigenvalue weighted by Gasteiger charge is -2.14. The van der Waals surface area contributed by atoms with E-state index in [2.05, 4.69) is 15.9 Å². The molecule has 0 saturated heterocycles. The Morgan fingerprint density at radius 1 is 1.18 bits per heavy atom. The van der Waals surface area contributed by atoms with Crippen LogP contribution < -0.4 is 4.72 Å². The maximum absolute atomic E-state index is 12.8. The van der Waals surface area contributed by atoms with E-state index < -0.39 is 15.9 Å². The number of hydrogen-bond acceptors (Lipinski definition) is 4. The van der Waals surface area contributed by atoms with E-state index in [0.29, 0.717) is 27.7 Å². The van der Waals surface area contributed by atoms with Crippen molar-refractivity contribution < 1.29 is 8.42 Å². The van der Waals surface area contributed by atoms with E-state index in [0.717, 1.165) is 5.56 Å². The summed E-state index contributed by atoms with van der Waals surface area (Å²) < 4.78 is 29.7. The zero-order valence-electron chi connectivity index (χ0n) is 15.6. The normalized spacial score (nSPS) is 12.4. The number of anilines is 1. The third kappa shape index (κ3) is 3.75. The van der Waals surface area contributed by atoms with Gasteiger partial charge in [0.2, 0.25) is 0 Å². The fourth-order valence-corrected chi connectivity index (χ4v) is 4.92. The van der Waals surface area contributed by atoms with Gasteiger partial charge in [-0.2, -0.15) is 10.4 Å². The van der Waals surface area contributed by atoms with Gasteiger partial charge in [-0.25, -0.2) is 8.42 Å². The van der Waals surface area contributed by atoms with Crippen LogP contribution >= 0.6 is 11.6 Å². The molecule has 8 heteroatoms. The van der Waals surface area contributed by atoms with Gasteiger partial charge in [0, 0.05) is 12.1 Å². The summed E-state index contributed by atoms with van der Waals surface area (Å²) in [5, 5.41) is 14.1. The van der Waals surface area contributed by atoms with Gasteiger partial charge >= 0.3 is 0 Å². The molecule has 0 radical (unpaired) electrons. The highest BCUT2D eigenvalue weighted by Gasteiger charge is 2.24. The fraction of sp³-hybridized carbons (Fsp3) is 0.200. The molecule has 0 spiro atoms. The minimum absolute atomic E-state index is 0.148. The molecule has 28 heavy (non-hydrogen) atoms. The zero-order chi connectivity index (χ0) is 20.5. The highest BCUT2D eigenvalue weighted by atomic mass is 35.5. The Kier molecular flexibility index (Phi) is 5.45. The second kappa shape index (κ2) is 7.66. The Labute approximate surface area is 169 Å². The zero-order valence-corrected chi connectivity index (χ0v) is 17.2. The van der Waals surface area contributed by atoms with Gasteiger partial charge in [0.05, 0.1) is 29.1 Å². The molecule has 144 valence electrons. The van der Waals surface area contributed by atoms with Gasteiger partial charge in [0.1, 0.15) is 4.90 Å². The number of halogens is 1. The summed E-state index contributed by atoms with van der Waals surface area (Å²) in [6, 6.07) is 16.3. The molecular weight excluding hydrogens is 396 g/mol. The number of benzene rings is 2.